The number of aromatic nitrogens is 2. The molecule has 2 N–H and O–H groups in total. The molecule has 1 unspecified atom stereocenters. The van der Waals surface area contributed by atoms with Crippen molar-refractivity contribution >= 4 is 17.9 Å². The fourth-order valence-electron chi connectivity index (χ4n) is 2.91. The van der Waals surface area contributed by atoms with Crippen molar-refractivity contribution < 1.29 is 9.59 Å². The van der Waals surface area contributed by atoms with E-state index in [0.29, 0.717) is 13.1 Å². The SMILES string of the molecule is CC(=O)NCc1cnc(C2CCN(C(=O)/C=C/c3ccccc3)C2)[nH]1. The molecular weight excluding hydrogens is 316 g/mol. The first-order valence-electron chi connectivity index (χ1n) is 8.42. The number of nitrogens with zero attached hydrogens (tertiary/aromatic N) is 2. The quantitative estimate of drug-likeness (QED) is 0.819. The Morgan fingerprint density at radius 2 is 2.16 bits per heavy atom. The summed E-state index contributed by atoms with van der Waals surface area (Å²) in [5.41, 5.74) is 1.89. The topological polar surface area (TPSA) is 78.1 Å². The van der Waals surface area contributed by atoms with Crippen molar-refractivity contribution in [2.24, 2.45) is 0 Å². The number of H-pyrrole nitrogens is 1. The van der Waals surface area contributed by atoms with Crippen LogP contribution in [0.15, 0.2) is 42.6 Å². The molecule has 2 amide bonds. The lowest BCUT2D eigenvalue weighted by Gasteiger charge is -2.13. The summed E-state index contributed by atoms with van der Waals surface area (Å²) in [5.74, 6) is 1.04. The second kappa shape index (κ2) is 7.79. The van der Waals surface area contributed by atoms with Crippen LogP contribution in [0.3, 0.4) is 0 Å². The zero-order valence-electron chi connectivity index (χ0n) is 14.2. The molecule has 2 heterocycles. The predicted molar refractivity (Wildman–Crippen MR) is 95.5 cm³/mol. The second-order valence-electron chi connectivity index (χ2n) is 6.22. The van der Waals surface area contributed by atoms with Crippen LogP contribution in [0.5, 0.6) is 0 Å². The van der Waals surface area contributed by atoms with Gasteiger partial charge in [-0.25, -0.2) is 4.98 Å². The Kier molecular flexibility index (Phi) is 5.28. The van der Waals surface area contributed by atoms with Gasteiger partial charge in [0.05, 0.1) is 18.4 Å². The Balaban J connectivity index is 1.55. The van der Waals surface area contributed by atoms with Crippen LogP contribution >= 0.6 is 0 Å². The van der Waals surface area contributed by atoms with Crippen molar-refractivity contribution in [3.63, 3.8) is 0 Å². The summed E-state index contributed by atoms with van der Waals surface area (Å²) in [4.78, 5) is 32.8. The molecule has 1 aliphatic rings. The van der Waals surface area contributed by atoms with Crippen molar-refractivity contribution in [1.82, 2.24) is 20.2 Å². The Morgan fingerprint density at radius 1 is 1.36 bits per heavy atom. The molecule has 1 aromatic heterocycles. The summed E-state index contributed by atoms with van der Waals surface area (Å²) in [5, 5.41) is 2.74. The van der Waals surface area contributed by atoms with E-state index < -0.39 is 0 Å². The maximum absolute atomic E-state index is 12.3. The number of carbonyl (C=O) groups is 2. The van der Waals surface area contributed by atoms with Crippen LogP contribution < -0.4 is 5.32 Å². The molecule has 1 aromatic carbocycles. The van der Waals surface area contributed by atoms with Gasteiger partial charge in [0, 0.05) is 32.0 Å². The van der Waals surface area contributed by atoms with E-state index in [1.165, 1.54) is 6.92 Å². The molecule has 0 radical (unpaired) electrons. The van der Waals surface area contributed by atoms with Crippen molar-refractivity contribution in [3.8, 4) is 0 Å². The van der Waals surface area contributed by atoms with Crippen LogP contribution in [0.4, 0.5) is 0 Å². The summed E-state index contributed by atoms with van der Waals surface area (Å²) >= 11 is 0. The predicted octanol–water partition coefficient (Wildman–Crippen LogP) is 2.08. The number of nitrogens with one attached hydrogen (secondary N) is 2. The van der Waals surface area contributed by atoms with Crippen LogP contribution in [0, 0.1) is 0 Å². The van der Waals surface area contributed by atoms with E-state index in [9.17, 15) is 9.59 Å². The average Bonchev–Trinajstić information content (AvgIpc) is 3.28. The van der Waals surface area contributed by atoms with Gasteiger partial charge in [-0.15, -0.1) is 0 Å². The molecule has 1 atom stereocenters. The largest absolute Gasteiger partial charge is 0.351 e. The third-order valence-corrected chi connectivity index (χ3v) is 4.28. The minimum Gasteiger partial charge on any atom is -0.351 e. The third kappa shape index (κ3) is 4.56. The van der Waals surface area contributed by atoms with Crippen LogP contribution in [-0.2, 0) is 16.1 Å². The lowest BCUT2D eigenvalue weighted by Crippen LogP contribution is -2.26. The molecule has 2 aromatic rings. The first kappa shape index (κ1) is 17.0. The van der Waals surface area contributed by atoms with Gasteiger partial charge in [-0.1, -0.05) is 30.3 Å². The number of imidazole rings is 1. The zero-order chi connectivity index (χ0) is 17.6. The second-order valence-corrected chi connectivity index (χ2v) is 6.22. The monoisotopic (exact) mass is 338 g/mol. The highest BCUT2D eigenvalue weighted by molar-refractivity contribution is 5.92. The number of likely N-dealkylation sites (tertiary alicyclic amines) is 1. The van der Waals surface area contributed by atoms with E-state index >= 15 is 0 Å². The molecule has 6 heteroatoms. The van der Waals surface area contributed by atoms with Crippen molar-refractivity contribution in [2.75, 3.05) is 13.1 Å². The first-order valence-corrected chi connectivity index (χ1v) is 8.42. The third-order valence-electron chi connectivity index (χ3n) is 4.28. The van der Waals surface area contributed by atoms with E-state index in [1.807, 2.05) is 41.3 Å². The van der Waals surface area contributed by atoms with Gasteiger partial charge in [-0.05, 0) is 18.1 Å². The number of benzene rings is 1. The molecule has 1 saturated heterocycles. The maximum Gasteiger partial charge on any atom is 0.246 e. The minimum absolute atomic E-state index is 0.0244. The highest BCUT2D eigenvalue weighted by Gasteiger charge is 2.28. The Morgan fingerprint density at radius 3 is 2.92 bits per heavy atom. The van der Waals surface area contributed by atoms with Gasteiger partial charge in [0.15, 0.2) is 0 Å². The summed E-state index contributed by atoms with van der Waals surface area (Å²) in [6.45, 7) is 3.31. The average molecular weight is 338 g/mol. The molecule has 1 aliphatic heterocycles. The van der Waals surface area contributed by atoms with Gasteiger partial charge in [0.25, 0.3) is 0 Å². The summed E-state index contributed by atoms with van der Waals surface area (Å²) in [6, 6.07) is 9.79. The Hall–Kier alpha value is -2.89. The van der Waals surface area contributed by atoms with Crippen LogP contribution in [0.2, 0.25) is 0 Å². The zero-order valence-corrected chi connectivity index (χ0v) is 14.2. The highest BCUT2D eigenvalue weighted by Crippen LogP contribution is 2.25. The van der Waals surface area contributed by atoms with Gasteiger partial charge in [0.1, 0.15) is 5.82 Å². The Bertz CT molecular complexity index is 767. The lowest BCUT2D eigenvalue weighted by molar-refractivity contribution is -0.125. The van der Waals surface area contributed by atoms with Crippen molar-refractivity contribution in [2.45, 2.75) is 25.8 Å². The molecule has 0 spiro atoms. The molecule has 1 fully saturated rings. The molecule has 6 nitrogen and oxygen atoms in total. The number of rotatable bonds is 5. The Labute approximate surface area is 147 Å². The van der Waals surface area contributed by atoms with E-state index in [-0.39, 0.29) is 17.7 Å². The first-order chi connectivity index (χ1) is 12.1. The minimum atomic E-state index is -0.0704. The number of amides is 2. The van der Waals surface area contributed by atoms with Crippen molar-refractivity contribution in [1.29, 1.82) is 0 Å². The lowest BCUT2D eigenvalue weighted by atomic mass is 10.1. The standard InChI is InChI=1S/C19H22N4O2/c1-14(24)20-11-17-12-21-19(22-17)16-9-10-23(13-16)18(25)8-7-15-5-3-2-4-6-15/h2-8,12,16H,9-11,13H2,1H3,(H,20,24)(H,21,22)/b8-7+. The van der Waals surface area contributed by atoms with E-state index in [2.05, 4.69) is 15.3 Å². The molecule has 25 heavy (non-hydrogen) atoms. The normalized spacial score (nSPS) is 17.2. The molecule has 0 bridgehead atoms. The molecule has 130 valence electrons. The highest BCUT2D eigenvalue weighted by atomic mass is 16.2. The van der Waals surface area contributed by atoms with Gasteiger partial charge in [-0.3, -0.25) is 9.59 Å². The number of aromatic amines is 1. The maximum atomic E-state index is 12.3. The molecule has 3 rings (SSSR count). The van der Waals surface area contributed by atoms with Gasteiger partial charge < -0.3 is 15.2 Å². The summed E-state index contributed by atoms with van der Waals surface area (Å²) < 4.78 is 0. The van der Waals surface area contributed by atoms with E-state index in [1.54, 1.807) is 12.3 Å². The van der Waals surface area contributed by atoms with E-state index in [4.69, 9.17) is 0 Å². The van der Waals surface area contributed by atoms with Gasteiger partial charge in [-0.2, -0.15) is 0 Å². The van der Waals surface area contributed by atoms with Gasteiger partial charge in [0.2, 0.25) is 11.8 Å². The fourth-order valence-corrected chi connectivity index (χ4v) is 2.91. The number of carbonyl (C=O) groups excluding carboxylic acids is 2. The molecule has 0 aliphatic carbocycles. The summed E-state index contributed by atoms with van der Waals surface area (Å²) in [6.07, 6.45) is 6.10. The van der Waals surface area contributed by atoms with E-state index in [0.717, 1.165) is 30.0 Å². The smallest absolute Gasteiger partial charge is 0.246 e. The molecule has 0 saturated carbocycles. The number of hydrogen-bond acceptors (Lipinski definition) is 3. The van der Waals surface area contributed by atoms with Gasteiger partial charge >= 0.3 is 0 Å². The van der Waals surface area contributed by atoms with Crippen molar-refractivity contribution in [3.05, 3.63) is 59.7 Å². The summed E-state index contributed by atoms with van der Waals surface area (Å²) in [7, 11) is 0. The molecular formula is C19H22N4O2. The van der Waals surface area contributed by atoms with Crippen LogP contribution in [0.25, 0.3) is 6.08 Å². The fraction of sp³-hybridized carbons (Fsp3) is 0.316. The van der Waals surface area contributed by atoms with Crippen LogP contribution in [0.1, 0.15) is 36.3 Å². The van der Waals surface area contributed by atoms with Crippen LogP contribution in [-0.4, -0.2) is 39.8 Å². The number of hydrogen-bond donors (Lipinski definition) is 2.